The minimum atomic E-state index is -0.0328. The van der Waals surface area contributed by atoms with Crippen LogP contribution in [0, 0.1) is 0 Å². The van der Waals surface area contributed by atoms with E-state index in [1.807, 2.05) is 17.0 Å². The minimum Gasteiger partial charge on any atom is -0.482 e. The summed E-state index contributed by atoms with van der Waals surface area (Å²) >= 11 is 11.9. The number of halogens is 2. The molecule has 1 aliphatic rings. The van der Waals surface area contributed by atoms with E-state index >= 15 is 0 Å². The molecule has 0 saturated carbocycles. The number of benzene rings is 2. The zero-order valence-corrected chi connectivity index (χ0v) is 15.6. The Kier molecular flexibility index (Phi) is 4.79. The van der Waals surface area contributed by atoms with Crippen molar-refractivity contribution in [1.82, 2.24) is 9.88 Å². The van der Waals surface area contributed by atoms with Gasteiger partial charge in [0.25, 0.3) is 5.91 Å². The fraction of sp³-hybridized carbons (Fsp3) is 0.250. The number of hydrogen-bond donors (Lipinski definition) is 1. The van der Waals surface area contributed by atoms with Gasteiger partial charge in [-0.2, -0.15) is 0 Å². The van der Waals surface area contributed by atoms with Crippen molar-refractivity contribution in [3.8, 4) is 5.75 Å². The van der Waals surface area contributed by atoms with Crippen LogP contribution in [0.15, 0.2) is 48.5 Å². The number of aromatic nitrogens is 1. The number of nitrogens with zero attached hydrogens (tertiary/aromatic N) is 1. The fourth-order valence-electron chi connectivity index (χ4n) is 3.38. The highest BCUT2D eigenvalue weighted by Gasteiger charge is 2.28. The molecule has 1 N–H and O–H groups in total. The molecule has 1 aromatic heterocycles. The number of hydrogen-bond acceptors (Lipinski definition) is 2. The van der Waals surface area contributed by atoms with E-state index in [0.717, 1.165) is 18.5 Å². The highest BCUT2D eigenvalue weighted by atomic mass is 35.5. The first-order valence-corrected chi connectivity index (χ1v) is 9.29. The molecule has 1 unspecified atom stereocenters. The van der Waals surface area contributed by atoms with Crippen molar-refractivity contribution in [3.63, 3.8) is 0 Å². The third kappa shape index (κ3) is 3.53. The first-order chi connectivity index (χ1) is 12.6. The van der Waals surface area contributed by atoms with Gasteiger partial charge in [-0.15, -0.1) is 0 Å². The van der Waals surface area contributed by atoms with Crippen molar-refractivity contribution in [2.24, 2.45) is 0 Å². The summed E-state index contributed by atoms with van der Waals surface area (Å²) in [6, 6.07) is 15.4. The molecule has 1 amide bonds. The maximum absolute atomic E-state index is 12.5. The summed E-state index contributed by atoms with van der Waals surface area (Å²) in [5.41, 5.74) is 2.32. The third-order valence-electron chi connectivity index (χ3n) is 4.78. The molecular formula is C20H18Cl2N2O2. The van der Waals surface area contributed by atoms with Crippen molar-refractivity contribution in [1.29, 1.82) is 0 Å². The van der Waals surface area contributed by atoms with Gasteiger partial charge in [0, 0.05) is 35.2 Å². The topological polar surface area (TPSA) is 45.3 Å². The highest BCUT2D eigenvalue weighted by Crippen LogP contribution is 2.30. The minimum absolute atomic E-state index is 0.0270. The number of nitrogens with one attached hydrogen (secondary N) is 1. The Morgan fingerprint density at radius 2 is 2.04 bits per heavy atom. The number of aromatic amines is 1. The van der Waals surface area contributed by atoms with Crippen LogP contribution in [0.25, 0.3) is 10.9 Å². The number of H-pyrrole nitrogens is 1. The van der Waals surface area contributed by atoms with Gasteiger partial charge in [-0.3, -0.25) is 4.79 Å². The van der Waals surface area contributed by atoms with Gasteiger partial charge < -0.3 is 14.6 Å². The quantitative estimate of drug-likeness (QED) is 0.692. The molecule has 0 radical (unpaired) electrons. The second-order valence-electron chi connectivity index (χ2n) is 6.50. The summed E-state index contributed by atoms with van der Waals surface area (Å²) < 4.78 is 5.57. The van der Waals surface area contributed by atoms with E-state index in [0.29, 0.717) is 28.3 Å². The molecule has 0 bridgehead atoms. The normalized spacial score (nSPS) is 17.0. The Morgan fingerprint density at radius 1 is 1.19 bits per heavy atom. The van der Waals surface area contributed by atoms with Crippen LogP contribution in [0.4, 0.5) is 0 Å². The molecule has 3 aromatic rings. The van der Waals surface area contributed by atoms with Crippen LogP contribution in [0.2, 0.25) is 10.0 Å². The number of para-hydroxylation sites is 1. The molecular weight excluding hydrogens is 371 g/mol. The first-order valence-electron chi connectivity index (χ1n) is 8.53. The molecule has 0 spiro atoms. The van der Waals surface area contributed by atoms with Crippen molar-refractivity contribution >= 4 is 40.0 Å². The lowest BCUT2D eigenvalue weighted by atomic mass is 10.1. The van der Waals surface area contributed by atoms with E-state index in [4.69, 9.17) is 27.9 Å². The molecule has 6 heteroatoms. The Bertz CT molecular complexity index is 921. The Morgan fingerprint density at radius 3 is 2.85 bits per heavy atom. The number of rotatable bonds is 4. The standard InChI is InChI=1S/C20H18Cl2N2O2/c21-15-5-6-19(16(22)10-15)26-12-20(25)24-8-7-14(11-24)18-9-13-3-1-2-4-17(13)23-18/h1-6,9-10,14,23H,7-8,11-12H2. The summed E-state index contributed by atoms with van der Waals surface area (Å²) in [5.74, 6) is 0.760. The maximum atomic E-state index is 12.5. The first kappa shape index (κ1) is 17.3. The van der Waals surface area contributed by atoms with Gasteiger partial charge in [-0.05, 0) is 42.1 Å². The fourth-order valence-corrected chi connectivity index (χ4v) is 3.84. The molecule has 2 aromatic carbocycles. The molecule has 134 valence electrons. The van der Waals surface area contributed by atoms with Crippen LogP contribution in [0.1, 0.15) is 18.0 Å². The third-order valence-corrected chi connectivity index (χ3v) is 5.31. The lowest BCUT2D eigenvalue weighted by molar-refractivity contribution is -0.132. The van der Waals surface area contributed by atoms with Crippen molar-refractivity contribution in [3.05, 3.63) is 64.3 Å². The number of amides is 1. The number of carbonyl (C=O) groups excluding carboxylic acids is 1. The molecule has 1 atom stereocenters. The molecule has 1 aliphatic heterocycles. The Balaban J connectivity index is 1.37. The molecule has 1 fully saturated rings. The average molecular weight is 389 g/mol. The maximum Gasteiger partial charge on any atom is 0.260 e. The largest absolute Gasteiger partial charge is 0.482 e. The van der Waals surface area contributed by atoms with Crippen molar-refractivity contribution in [2.45, 2.75) is 12.3 Å². The predicted octanol–water partition coefficient (Wildman–Crippen LogP) is 4.87. The van der Waals surface area contributed by atoms with E-state index in [1.54, 1.807) is 18.2 Å². The van der Waals surface area contributed by atoms with E-state index in [-0.39, 0.29) is 12.5 Å². The molecule has 0 aliphatic carbocycles. The van der Waals surface area contributed by atoms with Gasteiger partial charge in [0.1, 0.15) is 5.75 Å². The molecule has 4 rings (SSSR count). The van der Waals surface area contributed by atoms with Gasteiger partial charge in [-0.1, -0.05) is 41.4 Å². The average Bonchev–Trinajstić information content (AvgIpc) is 3.27. The lowest BCUT2D eigenvalue weighted by Crippen LogP contribution is -2.32. The van der Waals surface area contributed by atoms with E-state index in [1.165, 1.54) is 11.1 Å². The summed E-state index contributed by atoms with van der Waals surface area (Å²) in [4.78, 5) is 17.8. The smallest absolute Gasteiger partial charge is 0.260 e. The SMILES string of the molecule is O=C(COc1ccc(Cl)cc1Cl)N1CCC(c2cc3ccccc3[nH]2)C1. The summed E-state index contributed by atoms with van der Waals surface area (Å²) in [5, 5.41) is 2.14. The number of fused-ring (bicyclic) bond motifs is 1. The molecule has 4 nitrogen and oxygen atoms in total. The van der Waals surface area contributed by atoms with Gasteiger partial charge in [-0.25, -0.2) is 0 Å². The van der Waals surface area contributed by atoms with Gasteiger partial charge >= 0.3 is 0 Å². The van der Waals surface area contributed by atoms with Gasteiger partial charge in [0.15, 0.2) is 6.61 Å². The van der Waals surface area contributed by atoms with Gasteiger partial charge in [0.05, 0.1) is 5.02 Å². The molecule has 1 saturated heterocycles. The van der Waals surface area contributed by atoms with E-state index in [9.17, 15) is 4.79 Å². The highest BCUT2D eigenvalue weighted by molar-refractivity contribution is 6.35. The van der Waals surface area contributed by atoms with Crippen LogP contribution in [0.3, 0.4) is 0 Å². The lowest BCUT2D eigenvalue weighted by Gasteiger charge is -2.17. The predicted molar refractivity (Wildman–Crippen MR) is 104 cm³/mol. The Labute approximate surface area is 161 Å². The van der Waals surface area contributed by atoms with Crippen molar-refractivity contribution < 1.29 is 9.53 Å². The van der Waals surface area contributed by atoms with Gasteiger partial charge in [0.2, 0.25) is 0 Å². The van der Waals surface area contributed by atoms with Crippen LogP contribution in [-0.2, 0) is 4.79 Å². The second kappa shape index (κ2) is 7.22. The van der Waals surface area contributed by atoms with Crippen LogP contribution in [0.5, 0.6) is 5.75 Å². The second-order valence-corrected chi connectivity index (χ2v) is 7.34. The number of carbonyl (C=O) groups is 1. The zero-order valence-electron chi connectivity index (χ0n) is 14.0. The molecule has 26 heavy (non-hydrogen) atoms. The van der Waals surface area contributed by atoms with Crippen molar-refractivity contribution in [2.75, 3.05) is 19.7 Å². The van der Waals surface area contributed by atoms with Crippen LogP contribution in [-0.4, -0.2) is 35.5 Å². The number of likely N-dealkylation sites (tertiary alicyclic amines) is 1. The van der Waals surface area contributed by atoms with Crippen LogP contribution >= 0.6 is 23.2 Å². The number of ether oxygens (including phenoxy) is 1. The van der Waals surface area contributed by atoms with Crippen LogP contribution < -0.4 is 4.74 Å². The summed E-state index contributed by atoms with van der Waals surface area (Å²) in [7, 11) is 0. The molecule has 2 heterocycles. The Hall–Kier alpha value is -2.17. The monoisotopic (exact) mass is 388 g/mol. The van der Waals surface area contributed by atoms with E-state index < -0.39 is 0 Å². The summed E-state index contributed by atoms with van der Waals surface area (Å²) in [6.07, 6.45) is 0.945. The van der Waals surface area contributed by atoms with E-state index in [2.05, 4.69) is 23.2 Å². The zero-order chi connectivity index (χ0) is 18.1. The summed E-state index contributed by atoms with van der Waals surface area (Å²) in [6.45, 7) is 1.40.